The summed E-state index contributed by atoms with van der Waals surface area (Å²) >= 11 is -4.12. The quantitative estimate of drug-likeness (QED) is 0.143. The number of aromatic nitrogens is 10. The summed E-state index contributed by atoms with van der Waals surface area (Å²) in [5.41, 5.74) is 10.5. The molecule has 115 heavy (non-hydrogen) atoms. The number of fused-ring (bicyclic) bond motifs is 42. The fourth-order valence-corrected chi connectivity index (χ4v) is 21.7. The molecule has 6 aliphatic heterocycles. The van der Waals surface area contributed by atoms with Crippen molar-refractivity contribution in [3.8, 4) is 45.6 Å². The van der Waals surface area contributed by atoms with E-state index in [0.29, 0.717) is 91.8 Å². The maximum absolute atomic E-state index is 13.5. The number of amidine groups is 4. The van der Waals surface area contributed by atoms with E-state index in [0.717, 1.165) is 174 Å². The molecule has 17 nitrogen and oxygen atoms in total. The maximum atomic E-state index is 13.5. The van der Waals surface area contributed by atoms with Gasteiger partial charge in [-0.05, 0) is 113 Å². The minimum atomic E-state index is -4.12. The molecule has 0 saturated carbocycles. The Morgan fingerprint density at radius 3 is 0.678 bits per heavy atom. The zero-order valence-electron chi connectivity index (χ0n) is 60.4. The first-order chi connectivity index (χ1) is 56.3. The van der Waals surface area contributed by atoms with Crippen LogP contribution in [-0.4, -0.2) is 80.8 Å². The van der Waals surface area contributed by atoms with Crippen molar-refractivity contribution in [1.82, 2.24) is 46.4 Å². The van der Waals surface area contributed by atoms with E-state index in [1.165, 1.54) is 0 Å². The Bertz CT molecular complexity index is 7900. The Balaban J connectivity index is 0.000000128. The van der Waals surface area contributed by atoms with Gasteiger partial charge in [0.1, 0.15) is 0 Å². The molecule has 16 aromatic carbocycles. The molecule has 19 heteroatoms. The van der Waals surface area contributed by atoms with Crippen LogP contribution in [0, 0.1) is 0 Å². The molecule has 21 aromatic rings. The monoisotopic (exact) mass is 1560 g/mol. The molecule has 0 atom stereocenters. The van der Waals surface area contributed by atoms with E-state index in [1.54, 1.807) is 0 Å². The number of aliphatic imine (C=N–C) groups is 4. The van der Waals surface area contributed by atoms with Gasteiger partial charge in [-0.15, -0.1) is 0 Å². The molecule has 0 amide bonds. The molecule has 27 rings (SSSR count). The summed E-state index contributed by atoms with van der Waals surface area (Å²) in [6.07, 6.45) is 0. The maximum Gasteiger partial charge on any atom is 2.00 e. The molecule has 11 heterocycles. The van der Waals surface area contributed by atoms with Crippen molar-refractivity contribution >= 4 is 204 Å². The standard InChI is InChI=1S/2C48H24N8.Ga.H2O.Ti/c2*1-2-10-26-18-34-33(17-25(26)9-1)41-49-42(34)54-44-37-21-29-13-5-6-14-30(29)22-38(37)46(51-44)56-48-40-24-32-16-8-7-15-31(32)23-39(40)47(52-48)55-45-36-20-28-12-4-3-11-27(28)19-35(36)43(50-45)53-41;;;/h2*1-24H;;1H2;/q2*-2;+3;;+2/p-1. The number of rotatable bonds is 0. The molecule has 0 radical (unpaired) electrons. The summed E-state index contributed by atoms with van der Waals surface area (Å²) < 4.78 is 17.5. The summed E-state index contributed by atoms with van der Waals surface area (Å²) in [6.45, 7) is 0. The topological polar surface area (TPSA) is 210 Å². The number of hydrogen-bond donors (Lipinski definition) is 1. The number of hydrogen-bond acceptors (Lipinski definition) is 13. The van der Waals surface area contributed by atoms with Gasteiger partial charge in [-0.2, -0.15) is 0 Å². The van der Waals surface area contributed by atoms with Crippen LogP contribution >= 0.6 is 0 Å². The molecule has 5 aromatic heterocycles. The van der Waals surface area contributed by atoms with Crippen molar-refractivity contribution in [2.24, 2.45) is 30.0 Å². The Labute approximate surface area is 670 Å². The van der Waals surface area contributed by atoms with Gasteiger partial charge >= 0.3 is 358 Å². The molecule has 0 fully saturated rings. The van der Waals surface area contributed by atoms with Crippen LogP contribution in [0.25, 0.3) is 197 Å². The molecule has 14 bridgehead atoms. The first kappa shape index (κ1) is 64.3. The van der Waals surface area contributed by atoms with Gasteiger partial charge in [0.15, 0.2) is 0 Å². The zero-order chi connectivity index (χ0) is 74.3. The van der Waals surface area contributed by atoms with E-state index in [2.05, 4.69) is 194 Å². The van der Waals surface area contributed by atoms with Crippen LogP contribution in [0.3, 0.4) is 0 Å². The Morgan fingerprint density at radius 1 is 0.217 bits per heavy atom. The fraction of sp³-hybridized carbons (Fsp3) is 0. The van der Waals surface area contributed by atoms with Gasteiger partial charge in [0.2, 0.25) is 0 Å². The van der Waals surface area contributed by atoms with Crippen LogP contribution in [0.1, 0.15) is 22.3 Å². The second kappa shape index (κ2) is 24.1. The average Bonchev–Trinajstić information content (AvgIpc) is 1.55. The van der Waals surface area contributed by atoms with Gasteiger partial charge in [-0.3, -0.25) is 0 Å². The van der Waals surface area contributed by atoms with E-state index < -0.39 is 17.1 Å². The smallest absolute Gasteiger partial charge is 0.357 e. The molecular formula is C96H49GaN16OTi. The molecule has 0 spiro atoms. The molecular weight excluding hydrogens is 1510 g/mol. The van der Waals surface area contributed by atoms with Gasteiger partial charge in [0.05, 0.1) is 23.3 Å². The van der Waals surface area contributed by atoms with Crippen molar-refractivity contribution < 1.29 is 25.6 Å². The van der Waals surface area contributed by atoms with Crippen LogP contribution < -0.4 is 20.9 Å². The predicted molar refractivity (Wildman–Crippen MR) is 457 cm³/mol. The van der Waals surface area contributed by atoms with Crippen molar-refractivity contribution in [3.05, 3.63) is 324 Å². The fourth-order valence-electron chi connectivity index (χ4n) is 17.8. The van der Waals surface area contributed by atoms with Gasteiger partial charge in [-0.1, -0.05) is 97.1 Å². The van der Waals surface area contributed by atoms with E-state index in [-0.39, 0.29) is 21.7 Å². The summed E-state index contributed by atoms with van der Waals surface area (Å²) in [6, 6.07) is 101. The van der Waals surface area contributed by atoms with Crippen LogP contribution in [0.2, 0.25) is 0 Å². The van der Waals surface area contributed by atoms with Crippen molar-refractivity contribution in [2.45, 2.75) is 0 Å². The number of benzene rings is 16. The second-order valence-electron chi connectivity index (χ2n) is 29.8. The molecule has 0 aliphatic carbocycles. The van der Waals surface area contributed by atoms with E-state index in [9.17, 15) is 3.90 Å². The van der Waals surface area contributed by atoms with E-state index >= 15 is 0 Å². The Kier molecular flexibility index (Phi) is 13.5. The van der Waals surface area contributed by atoms with Crippen LogP contribution in [0.15, 0.2) is 321 Å². The second-order valence-corrected chi connectivity index (χ2v) is 33.4. The third-order valence-electron chi connectivity index (χ3n) is 23.3. The van der Waals surface area contributed by atoms with E-state index in [1.807, 2.05) is 104 Å². The first-order valence-electron chi connectivity index (χ1n) is 37.8. The van der Waals surface area contributed by atoms with Crippen molar-refractivity contribution in [2.75, 3.05) is 0 Å². The average molecular weight is 1560 g/mol. The van der Waals surface area contributed by atoms with Crippen LogP contribution in [-0.2, 0) is 21.7 Å². The predicted octanol–water partition coefficient (Wildman–Crippen LogP) is 19.3. The van der Waals surface area contributed by atoms with Crippen molar-refractivity contribution in [3.63, 3.8) is 0 Å². The molecule has 6 aliphatic rings. The summed E-state index contributed by atoms with van der Waals surface area (Å²) in [5, 5.41) is 24.4. The normalized spacial score (nSPS) is 13.5. The Morgan fingerprint density at radius 2 is 0.426 bits per heavy atom. The molecule has 1 N–H and O–H groups in total. The van der Waals surface area contributed by atoms with Gasteiger partial charge in [0, 0.05) is 44.8 Å². The molecule has 0 saturated heterocycles. The summed E-state index contributed by atoms with van der Waals surface area (Å²) in [5.74, 6) is 5.54. The van der Waals surface area contributed by atoms with Crippen LogP contribution in [0.4, 0.5) is 11.6 Å². The molecule has 526 valence electrons. The summed E-state index contributed by atoms with van der Waals surface area (Å²) in [7, 11) is 0. The van der Waals surface area contributed by atoms with Crippen molar-refractivity contribution in [1.29, 1.82) is 0 Å². The van der Waals surface area contributed by atoms with E-state index in [4.69, 9.17) is 69.8 Å². The number of nitrogens with zero attached hydrogens (tertiary/aromatic N) is 16. The van der Waals surface area contributed by atoms with Crippen LogP contribution in [0.5, 0.6) is 0 Å². The van der Waals surface area contributed by atoms with Gasteiger partial charge in [0.25, 0.3) is 0 Å². The largest absolute Gasteiger partial charge is 2.00 e. The third kappa shape index (κ3) is 9.65. The van der Waals surface area contributed by atoms with Gasteiger partial charge in [-0.25, -0.2) is 9.97 Å². The van der Waals surface area contributed by atoms with Gasteiger partial charge < -0.3 is 29.9 Å². The minimum absolute atomic E-state index is 0. The minimum Gasteiger partial charge on any atom is -0.357 e. The first-order valence-corrected chi connectivity index (χ1v) is 41.0. The summed E-state index contributed by atoms with van der Waals surface area (Å²) in [4.78, 5) is 73.9. The molecule has 0 unspecified atom stereocenters. The third-order valence-corrected chi connectivity index (χ3v) is 27.3. The SMILES string of the molecule is [OH][Ga]1[n]2c3c4cc5ccccc5cc4c2N=C2N=C(N=c4c5cc6ccccc6cc5c([n]41)=NC1=NC(=N3)c3cc4ccccc4cc31)c1cc3ccccc3cc12.[Ti+2].c1ccc2cc3c(cc2c1)-c1nc-3nc2[n-]c(nc3nc(nc4[n-]c(n1)c1cc5ccccc5cc41)-c1cc4ccccc4cc1-3)c1cc3ccccc3cc21. The zero-order valence-corrected chi connectivity index (χ0v) is 64.4. The Hall–Kier alpha value is -14.4.